The second kappa shape index (κ2) is 9.57. The summed E-state index contributed by atoms with van der Waals surface area (Å²) in [4.78, 5) is 23.7. The lowest BCUT2D eigenvalue weighted by molar-refractivity contribution is 0.102. The van der Waals surface area contributed by atoms with E-state index in [0.29, 0.717) is 24.6 Å². The number of nitrogens with one attached hydrogen (secondary N) is 2. The fourth-order valence-corrected chi connectivity index (χ4v) is 3.45. The van der Waals surface area contributed by atoms with E-state index in [-0.39, 0.29) is 5.91 Å². The number of aromatic nitrogens is 2. The molecule has 2 aromatic carbocycles. The number of amides is 1. The summed E-state index contributed by atoms with van der Waals surface area (Å²) in [6, 6.07) is 17.2. The van der Waals surface area contributed by atoms with E-state index in [9.17, 15) is 4.79 Å². The number of benzene rings is 2. The number of anilines is 4. The molecule has 0 spiro atoms. The second-order valence-electron chi connectivity index (χ2n) is 7.46. The molecule has 160 valence electrons. The number of aryl methyl sites for hydroxylation is 2. The van der Waals surface area contributed by atoms with Crippen molar-refractivity contribution >= 4 is 28.9 Å². The van der Waals surface area contributed by atoms with Crippen molar-refractivity contribution in [3.05, 3.63) is 71.5 Å². The van der Waals surface area contributed by atoms with Gasteiger partial charge in [-0.2, -0.15) is 0 Å². The van der Waals surface area contributed by atoms with Crippen LogP contribution in [0.5, 0.6) is 0 Å². The van der Waals surface area contributed by atoms with Gasteiger partial charge >= 0.3 is 0 Å². The minimum Gasteiger partial charge on any atom is -0.378 e. The fourth-order valence-electron chi connectivity index (χ4n) is 3.45. The molecule has 0 saturated carbocycles. The third-order valence-electron chi connectivity index (χ3n) is 5.20. The second-order valence-corrected chi connectivity index (χ2v) is 7.46. The summed E-state index contributed by atoms with van der Waals surface area (Å²) in [5.74, 6) is 2.23. The van der Waals surface area contributed by atoms with E-state index in [4.69, 9.17) is 4.74 Å². The van der Waals surface area contributed by atoms with Gasteiger partial charge in [-0.1, -0.05) is 19.1 Å². The number of morpholine rings is 1. The van der Waals surface area contributed by atoms with Crippen LogP contribution in [0.2, 0.25) is 0 Å². The molecule has 0 aliphatic carbocycles. The van der Waals surface area contributed by atoms with Gasteiger partial charge in [0.1, 0.15) is 17.5 Å². The SMILES string of the molecule is CCc1ccc(C(=O)Nc2ccc(Nc3cc(N4CCOCC4)nc(C)n3)cc2)cc1. The highest BCUT2D eigenvalue weighted by Crippen LogP contribution is 2.22. The third kappa shape index (κ3) is 5.38. The van der Waals surface area contributed by atoms with Crippen molar-refractivity contribution < 1.29 is 9.53 Å². The highest BCUT2D eigenvalue weighted by atomic mass is 16.5. The van der Waals surface area contributed by atoms with E-state index in [1.807, 2.05) is 61.5 Å². The maximum Gasteiger partial charge on any atom is 0.255 e. The summed E-state index contributed by atoms with van der Waals surface area (Å²) in [6.45, 7) is 7.05. The average molecular weight is 418 g/mol. The Morgan fingerprint density at radius 3 is 2.35 bits per heavy atom. The van der Waals surface area contributed by atoms with Crippen LogP contribution in [-0.2, 0) is 11.2 Å². The van der Waals surface area contributed by atoms with Crippen LogP contribution in [0, 0.1) is 6.92 Å². The summed E-state index contributed by atoms with van der Waals surface area (Å²) < 4.78 is 5.42. The normalized spacial score (nSPS) is 13.7. The van der Waals surface area contributed by atoms with E-state index in [1.54, 1.807) is 0 Å². The standard InChI is InChI=1S/C24H27N5O2/c1-3-18-4-6-19(7-5-18)24(30)28-21-10-8-20(9-11-21)27-22-16-23(26-17(2)25-22)29-12-14-31-15-13-29/h4-11,16H,3,12-15H2,1-2H3,(H,28,30)(H,25,26,27). The Balaban J connectivity index is 1.41. The van der Waals surface area contributed by atoms with Crippen LogP contribution in [0.4, 0.5) is 23.0 Å². The lowest BCUT2D eigenvalue weighted by Crippen LogP contribution is -2.36. The molecule has 0 bridgehead atoms. The highest BCUT2D eigenvalue weighted by Gasteiger charge is 2.14. The zero-order valence-corrected chi connectivity index (χ0v) is 17.9. The largest absolute Gasteiger partial charge is 0.378 e. The summed E-state index contributed by atoms with van der Waals surface area (Å²) in [5.41, 5.74) is 3.48. The van der Waals surface area contributed by atoms with Gasteiger partial charge < -0.3 is 20.3 Å². The molecule has 0 unspecified atom stereocenters. The predicted octanol–water partition coefficient (Wildman–Crippen LogP) is 4.18. The van der Waals surface area contributed by atoms with Crippen LogP contribution < -0.4 is 15.5 Å². The summed E-state index contributed by atoms with van der Waals surface area (Å²) >= 11 is 0. The average Bonchev–Trinajstić information content (AvgIpc) is 2.80. The molecule has 2 N–H and O–H groups in total. The Morgan fingerprint density at radius 1 is 1.00 bits per heavy atom. The third-order valence-corrected chi connectivity index (χ3v) is 5.20. The zero-order chi connectivity index (χ0) is 21.6. The molecule has 0 atom stereocenters. The predicted molar refractivity (Wildman–Crippen MR) is 123 cm³/mol. The first kappa shape index (κ1) is 20.8. The van der Waals surface area contributed by atoms with Crippen LogP contribution in [0.15, 0.2) is 54.6 Å². The quantitative estimate of drug-likeness (QED) is 0.626. The molecule has 1 aliphatic rings. The number of ether oxygens (including phenoxy) is 1. The molecule has 3 aromatic rings. The Labute approximate surface area is 182 Å². The molecule has 1 amide bonds. The Kier molecular flexibility index (Phi) is 6.43. The number of nitrogens with zero attached hydrogens (tertiary/aromatic N) is 3. The molecule has 2 heterocycles. The molecular formula is C24H27N5O2. The Bertz CT molecular complexity index is 1030. The first-order valence-corrected chi connectivity index (χ1v) is 10.6. The first-order valence-electron chi connectivity index (χ1n) is 10.6. The van der Waals surface area contributed by atoms with E-state index in [2.05, 4.69) is 32.4 Å². The van der Waals surface area contributed by atoms with Gasteiger partial charge in [0.05, 0.1) is 13.2 Å². The summed E-state index contributed by atoms with van der Waals surface area (Å²) in [7, 11) is 0. The Hall–Kier alpha value is -3.45. The molecule has 4 rings (SSSR count). The van der Waals surface area contributed by atoms with Crippen LogP contribution in [-0.4, -0.2) is 42.2 Å². The van der Waals surface area contributed by atoms with Gasteiger partial charge in [-0.15, -0.1) is 0 Å². The van der Waals surface area contributed by atoms with Crippen molar-refractivity contribution in [2.45, 2.75) is 20.3 Å². The topological polar surface area (TPSA) is 79.4 Å². The van der Waals surface area contributed by atoms with E-state index < -0.39 is 0 Å². The van der Waals surface area contributed by atoms with E-state index >= 15 is 0 Å². The molecule has 1 fully saturated rings. The maximum absolute atomic E-state index is 12.5. The molecule has 7 heteroatoms. The Morgan fingerprint density at radius 2 is 1.68 bits per heavy atom. The van der Waals surface area contributed by atoms with Gasteiger partial charge in [-0.05, 0) is 55.3 Å². The summed E-state index contributed by atoms with van der Waals surface area (Å²) in [6.07, 6.45) is 0.955. The van der Waals surface area contributed by atoms with Crippen LogP contribution >= 0.6 is 0 Å². The van der Waals surface area contributed by atoms with Gasteiger partial charge in [0.2, 0.25) is 0 Å². The van der Waals surface area contributed by atoms with Crippen molar-refractivity contribution in [2.75, 3.05) is 41.8 Å². The zero-order valence-electron chi connectivity index (χ0n) is 17.9. The lowest BCUT2D eigenvalue weighted by Gasteiger charge is -2.28. The molecule has 31 heavy (non-hydrogen) atoms. The molecule has 1 aromatic heterocycles. The van der Waals surface area contributed by atoms with E-state index in [1.165, 1.54) is 5.56 Å². The van der Waals surface area contributed by atoms with Crippen molar-refractivity contribution in [1.82, 2.24) is 9.97 Å². The minimum absolute atomic E-state index is 0.120. The number of carbonyl (C=O) groups is 1. The molecule has 1 aliphatic heterocycles. The van der Waals surface area contributed by atoms with Crippen molar-refractivity contribution in [3.8, 4) is 0 Å². The van der Waals surface area contributed by atoms with Gasteiger partial charge in [0.15, 0.2) is 0 Å². The van der Waals surface area contributed by atoms with Crippen LogP contribution in [0.1, 0.15) is 28.7 Å². The first-order chi connectivity index (χ1) is 15.1. The lowest BCUT2D eigenvalue weighted by atomic mass is 10.1. The number of carbonyl (C=O) groups excluding carboxylic acids is 1. The van der Waals surface area contributed by atoms with Gasteiger partial charge in [0.25, 0.3) is 5.91 Å². The molecule has 7 nitrogen and oxygen atoms in total. The molecule has 0 radical (unpaired) electrons. The fraction of sp³-hybridized carbons (Fsp3) is 0.292. The van der Waals surface area contributed by atoms with Crippen LogP contribution in [0.25, 0.3) is 0 Å². The van der Waals surface area contributed by atoms with Crippen LogP contribution in [0.3, 0.4) is 0 Å². The summed E-state index contributed by atoms with van der Waals surface area (Å²) in [5, 5.41) is 6.26. The van der Waals surface area contributed by atoms with E-state index in [0.717, 1.165) is 42.5 Å². The monoisotopic (exact) mass is 417 g/mol. The van der Waals surface area contributed by atoms with Gasteiger partial charge in [-0.25, -0.2) is 9.97 Å². The number of hydrogen-bond donors (Lipinski definition) is 2. The minimum atomic E-state index is -0.120. The smallest absolute Gasteiger partial charge is 0.255 e. The van der Waals surface area contributed by atoms with Crippen molar-refractivity contribution in [1.29, 1.82) is 0 Å². The maximum atomic E-state index is 12.5. The van der Waals surface area contributed by atoms with Crippen molar-refractivity contribution in [2.24, 2.45) is 0 Å². The number of rotatable bonds is 6. The van der Waals surface area contributed by atoms with Gasteiger partial charge in [0, 0.05) is 36.1 Å². The molecular weight excluding hydrogens is 390 g/mol. The van der Waals surface area contributed by atoms with Gasteiger partial charge in [-0.3, -0.25) is 4.79 Å². The number of hydrogen-bond acceptors (Lipinski definition) is 6. The van der Waals surface area contributed by atoms with Crippen molar-refractivity contribution in [3.63, 3.8) is 0 Å². The highest BCUT2D eigenvalue weighted by molar-refractivity contribution is 6.04. The molecule has 1 saturated heterocycles.